The number of benzene rings is 4. The van der Waals surface area contributed by atoms with Crippen LogP contribution in [-0.2, 0) is 14.2 Å². The highest BCUT2D eigenvalue weighted by molar-refractivity contribution is 6.28. The van der Waals surface area contributed by atoms with Crippen molar-refractivity contribution in [1.82, 2.24) is 0 Å². The van der Waals surface area contributed by atoms with Gasteiger partial charge in [-0.3, -0.25) is 0 Å². The molecule has 6 nitrogen and oxygen atoms in total. The molecule has 0 spiro atoms. The van der Waals surface area contributed by atoms with Gasteiger partial charge in [0.2, 0.25) is 0 Å². The molecule has 0 fully saturated rings. The van der Waals surface area contributed by atoms with Crippen LogP contribution in [0.25, 0.3) is 32.3 Å². The third-order valence-electron chi connectivity index (χ3n) is 8.63. The Morgan fingerprint density at radius 2 is 0.711 bits per heavy atom. The number of esters is 3. The zero-order chi connectivity index (χ0) is 32.5. The van der Waals surface area contributed by atoms with Gasteiger partial charge < -0.3 is 14.2 Å². The van der Waals surface area contributed by atoms with E-state index in [1.165, 1.54) is 0 Å². The molecule has 45 heavy (non-hydrogen) atoms. The summed E-state index contributed by atoms with van der Waals surface area (Å²) in [7, 11) is 0. The topological polar surface area (TPSA) is 78.9 Å². The molecule has 4 rings (SSSR count). The number of rotatable bonds is 15. The van der Waals surface area contributed by atoms with Crippen molar-refractivity contribution >= 4 is 50.2 Å². The average Bonchev–Trinajstić information content (AvgIpc) is 3.03. The second-order valence-corrected chi connectivity index (χ2v) is 12.2. The highest BCUT2D eigenvalue weighted by atomic mass is 16.5. The van der Waals surface area contributed by atoms with Crippen LogP contribution in [0.2, 0.25) is 0 Å². The first kappa shape index (κ1) is 34.0. The van der Waals surface area contributed by atoms with Crippen LogP contribution in [-0.4, -0.2) is 37.7 Å². The minimum atomic E-state index is -0.551. The summed E-state index contributed by atoms with van der Waals surface area (Å²) in [6, 6.07) is 11.7. The van der Waals surface area contributed by atoms with E-state index in [-0.39, 0.29) is 30.3 Å². The number of unbranched alkanes of at least 4 members (excludes halogenated alkanes) is 6. The highest BCUT2D eigenvalue weighted by Crippen LogP contribution is 2.39. The summed E-state index contributed by atoms with van der Waals surface area (Å²) in [6.07, 6.45) is 8.29. The molecule has 0 radical (unpaired) electrons. The van der Waals surface area contributed by atoms with Crippen LogP contribution in [0.5, 0.6) is 0 Å². The smallest absolute Gasteiger partial charge is 0.339 e. The van der Waals surface area contributed by atoms with Crippen LogP contribution in [0.4, 0.5) is 0 Å². The molecule has 0 atom stereocenters. The van der Waals surface area contributed by atoms with Crippen LogP contribution in [0, 0.1) is 20.8 Å². The van der Waals surface area contributed by atoms with Crippen molar-refractivity contribution in [2.24, 2.45) is 0 Å². The second kappa shape index (κ2) is 15.9. The zero-order valence-corrected chi connectivity index (χ0v) is 27.9. The minimum absolute atomic E-state index is 0.174. The van der Waals surface area contributed by atoms with Gasteiger partial charge in [0.15, 0.2) is 0 Å². The predicted molar refractivity (Wildman–Crippen MR) is 183 cm³/mol. The van der Waals surface area contributed by atoms with Crippen molar-refractivity contribution in [2.45, 2.75) is 99.3 Å². The molecule has 0 aliphatic heterocycles. The van der Waals surface area contributed by atoms with Crippen LogP contribution >= 0.6 is 0 Å². The van der Waals surface area contributed by atoms with Crippen molar-refractivity contribution in [1.29, 1.82) is 0 Å². The molecule has 4 aromatic carbocycles. The van der Waals surface area contributed by atoms with E-state index in [2.05, 4.69) is 46.8 Å². The van der Waals surface area contributed by atoms with Crippen LogP contribution in [0.15, 0.2) is 36.4 Å². The molecule has 240 valence electrons. The Labute approximate surface area is 267 Å². The maximum absolute atomic E-state index is 13.5. The molecule has 0 aliphatic carbocycles. The Bertz CT molecular complexity index is 1680. The number of fused-ring (bicyclic) bond motifs is 6. The Kier molecular flexibility index (Phi) is 12.0. The number of carbonyl (C=O) groups excluding carboxylic acids is 3. The summed E-state index contributed by atoms with van der Waals surface area (Å²) in [5.41, 5.74) is 3.95. The normalized spacial score (nSPS) is 11.3. The number of ether oxygens (including phenoxy) is 3. The first-order chi connectivity index (χ1) is 21.7. The van der Waals surface area contributed by atoms with Gasteiger partial charge in [-0.2, -0.15) is 0 Å². The third-order valence-corrected chi connectivity index (χ3v) is 8.63. The predicted octanol–water partition coefficient (Wildman–Crippen LogP) is 10.1. The van der Waals surface area contributed by atoms with E-state index in [4.69, 9.17) is 14.2 Å². The lowest BCUT2D eigenvalue weighted by Crippen LogP contribution is -2.15. The summed E-state index contributed by atoms with van der Waals surface area (Å²) in [5.74, 6) is -1.45. The van der Waals surface area contributed by atoms with Gasteiger partial charge in [-0.1, -0.05) is 71.4 Å². The van der Waals surface area contributed by atoms with Crippen molar-refractivity contribution in [3.8, 4) is 0 Å². The van der Waals surface area contributed by atoms with Crippen molar-refractivity contribution < 1.29 is 28.6 Å². The molecular formula is C39H48O6. The van der Waals surface area contributed by atoms with Gasteiger partial charge in [0.25, 0.3) is 0 Å². The minimum Gasteiger partial charge on any atom is -0.462 e. The summed E-state index contributed by atoms with van der Waals surface area (Å²) in [4.78, 5) is 40.3. The molecule has 0 saturated carbocycles. The Hall–Kier alpha value is -3.93. The van der Waals surface area contributed by atoms with Crippen LogP contribution in [0.3, 0.4) is 0 Å². The molecule has 0 heterocycles. The Balaban J connectivity index is 1.96. The Morgan fingerprint density at radius 3 is 1.07 bits per heavy atom. The molecule has 4 aromatic rings. The van der Waals surface area contributed by atoms with Gasteiger partial charge in [0, 0.05) is 0 Å². The standard InChI is InChI=1S/C39H48O6/c1-7-10-13-16-43-37(40)28-22-32-31(21-27(28)6)29-19-25(4)26(5)20-30(29)33-23-35(38(41)44-17-14-11-8-2)36(24-34(32)33)39(42)45-18-15-12-9-3/h19-24H,7-18H2,1-6H3. The molecule has 0 unspecified atom stereocenters. The van der Waals surface area contributed by atoms with E-state index in [0.29, 0.717) is 12.2 Å². The number of hydrogen-bond donors (Lipinski definition) is 0. The molecule has 0 saturated heterocycles. The van der Waals surface area contributed by atoms with E-state index < -0.39 is 11.9 Å². The lowest BCUT2D eigenvalue weighted by atomic mass is 9.88. The monoisotopic (exact) mass is 612 g/mol. The summed E-state index contributed by atoms with van der Waals surface area (Å²) in [6.45, 7) is 13.3. The lowest BCUT2D eigenvalue weighted by molar-refractivity contribution is 0.0451. The molecule has 0 N–H and O–H groups in total. The van der Waals surface area contributed by atoms with E-state index >= 15 is 0 Å². The van der Waals surface area contributed by atoms with Gasteiger partial charge in [-0.25, -0.2) is 14.4 Å². The van der Waals surface area contributed by atoms with Crippen molar-refractivity contribution in [3.05, 3.63) is 69.8 Å². The van der Waals surface area contributed by atoms with Gasteiger partial charge >= 0.3 is 17.9 Å². The molecule has 0 aromatic heterocycles. The number of hydrogen-bond acceptors (Lipinski definition) is 6. The van der Waals surface area contributed by atoms with E-state index in [1.54, 1.807) is 12.1 Å². The van der Waals surface area contributed by atoms with Crippen molar-refractivity contribution in [3.63, 3.8) is 0 Å². The molecular weight excluding hydrogens is 564 g/mol. The molecule has 0 aliphatic rings. The largest absolute Gasteiger partial charge is 0.462 e. The van der Waals surface area contributed by atoms with Gasteiger partial charge in [-0.05, 0) is 113 Å². The first-order valence-electron chi connectivity index (χ1n) is 16.7. The molecule has 0 amide bonds. The van der Waals surface area contributed by atoms with Crippen LogP contribution in [0.1, 0.15) is 126 Å². The Morgan fingerprint density at radius 1 is 0.422 bits per heavy atom. The fourth-order valence-electron chi connectivity index (χ4n) is 5.80. The van der Waals surface area contributed by atoms with E-state index in [0.717, 1.165) is 107 Å². The SMILES string of the molecule is CCCCCOC(=O)c1cc2c(cc1C)c1cc(C)c(C)cc1c1cc(C(=O)OCCCCC)c(C(=O)OCCCCC)cc21. The summed E-state index contributed by atoms with van der Waals surface area (Å²) < 4.78 is 17.0. The van der Waals surface area contributed by atoms with Crippen LogP contribution < -0.4 is 0 Å². The number of carbonyl (C=O) groups is 3. The van der Waals surface area contributed by atoms with Crippen molar-refractivity contribution in [2.75, 3.05) is 19.8 Å². The maximum atomic E-state index is 13.5. The molecule has 0 bridgehead atoms. The second-order valence-electron chi connectivity index (χ2n) is 12.2. The fraction of sp³-hybridized carbons (Fsp3) is 0.462. The highest BCUT2D eigenvalue weighted by Gasteiger charge is 2.24. The average molecular weight is 613 g/mol. The summed E-state index contributed by atoms with van der Waals surface area (Å²) in [5, 5.41) is 5.35. The summed E-state index contributed by atoms with van der Waals surface area (Å²) >= 11 is 0. The van der Waals surface area contributed by atoms with Gasteiger partial charge in [-0.15, -0.1) is 0 Å². The lowest BCUT2D eigenvalue weighted by Gasteiger charge is -2.17. The fourth-order valence-corrected chi connectivity index (χ4v) is 5.80. The third kappa shape index (κ3) is 7.84. The van der Waals surface area contributed by atoms with E-state index in [1.807, 2.05) is 19.1 Å². The zero-order valence-electron chi connectivity index (χ0n) is 27.9. The van der Waals surface area contributed by atoms with Gasteiger partial charge in [0.05, 0.1) is 36.5 Å². The maximum Gasteiger partial charge on any atom is 0.339 e. The van der Waals surface area contributed by atoms with E-state index in [9.17, 15) is 14.4 Å². The first-order valence-corrected chi connectivity index (χ1v) is 16.7. The van der Waals surface area contributed by atoms with Gasteiger partial charge in [0.1, 0.15) is 0 Å². The quantitative estimate of drug-likeness (QED) is 0.0575. The molecule has 6 heteroatoms. The number of aryl methyl sites for hydroxylation is 3.